The Morgan fingerprint density at radius 2 is 2.00 bits per heavy atom. The van der Waals surface area contributed by atoms with Crippen molar-refractivity contribution in [3.05, 3.63) is 65.6 Å². The highest BCUT2D eigenvalue weighted by Crippen LogP contribution is 2.35. The summed E-state index contributed by atoms with van der Waals surface area (Å²) in [5.41, 5.74) is 2.50. The third kappa shape index (κ3) is 7.99. The Labute approximate surface area is 276 Å². The summed E-state index contributed by atoms with van der Waals surface area (Å²) in [6.45, 7) is 13.0. The molecule has 1 N–H and O–H groups in total. The zero-order chi connectivity index (χ0) is 32.8. The van der Waals surface area contributed by atoms with Crippen LogP contribution in [-0.2, 0) is 17.7 Å². The van der Waals surface area contributed by atoms with Gasteiger partial charge in [0.2, 0.25) is 0 Å². The van der Waals surface area contributed by atoms with Gasteiger partial charge in [-0.3, -0.25) is 14.7 Å². The monoisotopic (exact) mass is 647 g/mol. The van der Waals surface area contributed by atoms with Crippen LogP contribution >= 0.6 is 0 Å². The van der Waals surface area contributed by atoms with Gasteiger partial charge in [0.25, 0.3) is 5.91 Å². The SMILES string of the molecule is CCN(C(=O)c1cc(F)ccc1Oc1cncnc1N1CCC(Oc2ccnc3c2CN(CC[C@@H]2COCCN2)CC3)CC1)C(C)C. The van der Waals surface area contributed by atoms with Gasteiger partial charge in [-0.05, 0) is 51.5 Å². The Morgan fingerprint density at radius 1 is 1.15 bits per heavy atom. The molecule has 0 radical (unpaired) electrons. The topological polar surface area (TPSA) is 105 Å². The van der Waals surface area contributed by atoms with E-state index in [0.29, 0.717) is 37.2 Å². The molecule has 3 aliphatic rings. The zero-order valence-corrected chi connectivity index (χ0v) is 27.7. The van der Waals surface area contributed by atoms with Crippen molar-refractivity contribution < 1.29 is 23.4 Å². The summed E-state index contributed by atoms with van der Waals surface area (Å²) >= 11 is 0. The van der Waals surface area contributed by atoms with E-state index in [1.807, 2.05) is 33.0 Å². The van der Waals surface area contributed by atoms with Crippen molar-refractivity contribution >= 4 is 11.7 Å². The molecule has 1 amide bonds. The highest BCUT2D eigenvalue weighted by Gasteiger charge is 2.28. The minimum atomic E-state index is -0.498. The summed E-state index contributed by atoms with van der Waals surface area (Å²) in [6, 6.07) is 6.39. The molecule has 2 saturated heterocycles. The predicted molar refractivity (Wildman–Crippen MR) is 177 cm³/mol. The van der Waals surface area contributed by atoms with Crippen LogP contribution in [0.4, 0.5) is 10.2 Å². The summed E-state index contributed by atoms with van der Waals surface area (Å²) < 4.78 is 32.9. The van der Waals surface area contributed by atoms with Crippen LogP contribution in [-0.4, -0.2) is 101 Å². The van der Waals surface area contributed by atoms with Gasteiger partial charge in [0.05, 0.1) is 25.0 Å². The summed E-state index contributed by atoms with van der Waals surface area (Å²) in [4.78, 5) is 33.1. The van der Waals surface area contributed by atoms with E-state index in [1.165, 1.54) is 30.1 Å². The number of piperidine rings is 1. The van der Waals surface area contributed by atoms with Crippen LogP contribution in [0.5, 0.6) is 17.2 Å². The molecule has 5 heterocycles. The van der Waals surface area contributed by atoms with Crippen molar-refractivity contribution in [3.63, 3.8) is 0 Å². The van der Waals surface area contributed by atoms with E-state index in [1.54, 1.807) is 11.1 Å². The molecule has 0 aliphatic carbocycles. The second kappa shape index (κ2) is 15.4. The molecular weight excluding hydrogens is 601 g/mol. The lowest BCUT2D eigenvalue weighted by Crippen LogP contribution is -2.44. The van der Waals surface area contributed by atoms with Crippen molar-refractivity contribution in [1.29, 1.82) is 0 Å². The quantitative estimate of drug-likeness (QED) is 0.321. The van der Waals surface area contributed by atoms with E-state index in [2.05, 4.69) is 30.1 Å². The standard InChI is InChI=1S/C35H46FN7O4/c1-4-43(24(2)3)35(44)28-19-25(36)5-6-31(28)47-33-20-37-23-40-34(33)42-16-9-27(10-17-42)46-32-7-12-39-30-11-15-41(21-29(30)32)14-8-26-22-45-18-13-38-26/h5-7,12,19-20,23-24,26-27,38H,4,8-11,13-18,21-22H2,1-3H3/t26-/m1/s1. The first-order valence-electron chi connectivity index (χ1n) is 16.9. The van der Waals surface area contributed by atoms with E-state index in [0.717, 1.165) is 76.5 Å². The van der Waals surface area contributed by atoms with Gasteiger partial charge < -0.3 is 29.3 Å². The number of nitrogens with one attached hydrogen (secondary N) is 1. The number of benzene rings is 1. The Hall–Kier alpha value is -3.87. The Morgan fingerprint density at radius 3 is 2.77 bits per heavy atom. The van der Waals surface area contributed by atoms with Crippen molar-refractivity contribution in [2.45, 2.75) is 71.2 Å². The number of pyridine rings is 1. The van der Waals surface area contributed by atoms with Crippen LogP contribution in [0.2, 0.25) is 0 Å². The number of morpholine rings is 1. The van der Waals surface area contributed by atoms with Crippen LogP contribution in [0.15, 0.2) is 43.0 Å². The summed E-state index contributed by atoms with van der Waals surface area (Å²) in [7, 11) is 0. The number of carbonyl (C=O) groups excluding carboxylic acids is 1. The minimum absolute atomic E-state index is 0.0429. The fourth-order valence-corrected chi connectivity index (χ4v) is 6.67. The second-order valence-electron chi connectivity index (χ2n) is 12.7. The van der Waals surface area contributed by atoms with Crippen LogP contribution < -0.4 is 19.7 Å². The molecule has 3 aromatic rings. The Kier molecular flexibility index (Phi) is 10.8. The van der Waals surface area contributed by atoms with Crippen LogP contribution in [0.3, 0.4) is 0 Å². The van der Waals surface area contributed by atoms with Crippen molar-refractivity contribution in [3.8, 4) is 17.2 Å². The molecule has 6 rings (SSSR count). The van der Waals surface area contributed by atoms with E-state index in [-0.39, 0.29) is 29.4 Å². The lowest BCUT2D eigenvalue weighted by molar-refractivity contribution is 0.0690. The smallest absolute Gasteiger partial charge is 0.257 e. The van der Waals surface area contributed by atoms with Gasteiger partial charge in [0.15, 0.2) is 11.6 Å². The number of rotatable bonds is 11. The lowest BCUT2D eigenvalue weighted by atomic mass is 10.0. The van der Waals surface area contributed by atoms with Crippen molar-refractivity contribution in [2.75, 3.05) is 57.4 Å². The normalized spacial score (nSPS) is 19.0. The van der Waals surface area contributed by atoms with Gasteiger partial charge in [0, 0.05) is 94.6 Å². The third-order valence-corrected chi connectivity index (χ3v) is 9.25. The zero-order valence-electron chi connectivity index (χ0n) is 27.7. The highest BCUT2D eigenvalue weighted by molar-refractivity contribution is 5.97. The fourth-order valence-electron chi connectivity index (χ4n) is 6.67. The largest absolute Gasteiger partial charge is 0.490 e. The van der Waals surface area contributed by atoms with E-state index in [9.17, 15) is 9.18 Å². The van der Waals surface area contributed by atoms with Gasteiger partial charge in [0.1, 0.15) is 29.7 Å². The summed E-state index contributed by atoms with van der Waals surface area (Å²) in [5, 5.41) is 3.56. The van der Waals surface area contributed by atoms with E-state index >= 15 is 0 Å². The summed E-state index contributed by atoms with van der Waals surface area (Å²) in [5.74, 6) is 1.46. The van der Waals surface area contributed by atoms with Gasteiger partial charge >= 0.3 is 0 Å². The highest BCUT2D eigenvalue weighted by atomic mass is 19.1. The molecule has 1 aromatic carbocycles. The van der Waals surface area contributed by atoms with Crippen LogP contribution in [0.25, 0.3) is 0 Å². The number of hydrogen-bond donors (Lipinski definition) is 1. The Bertz CT molecular complexity index is 1510. The third-order valence-electron chi connectivity index (χ3n) is 9.25. The molecule has 0 spiro atoms. The second-order valence-corrected chi connectivity index (χ2v) is 12.7. The lowest BCUT2D eigenvalue weighted by Gasteiger charge is -2.35. The number of aromatic nitrogens is 3. The molecule has 11 nitrogen and oxygen atoms in total. The van der Waals surface area contributed by atoms with Crippen LogP contribution in [0.1, 0.15) is 61.6 Å². The molecule has 0 saturated carbocycles. The van der Waals surface area contributed by atoms with E-state index in [4.69, 9.17) is 14.2 Å². The molecule has 0 unspecified atom stereocenters. The number of carbonyl (C=O) groups is 1. The molecule has 2 fully saturated rings. The average Bonchev–Trinajstić information content (AvgIpc) is 3.09. The first kappa shape index (κ1) is 33.0. The van der Waals surface area contributed by atoms with E-state index < -0.39 is 5.82 Å². The maximum Gasteiger partial charge on any atom is 0.257 e. The number of halogens is 1. The summed E-state index contributed by atoms with van der Waals surface area (Å²) in [6.07, 6.45) is 8.59. The molecule has 12 heteroatoms. The molecule has 252 valence electrons. The van der Waals surface area contributed by atoms with Gasteiger partial charge in [-0.25, -0.2) is 14.4 Å². The number of fused-ring (bicyclic) bond motifs is 1. The van der Waals surface area contributed by atoms with Crippen molar-refractivity contribution in [2.24, 2.45) is 0 Å². The van der Waals surface area contributed by atoms with Gasteiger partial charge in [-0.15, -0.1) is 0 Å². The fraction of sp³-hybridized carbons (Fsp3) is 0.543. The van der Waals surface area contributed by atoms with Crippen LogP contribution in [0, 0.1) is 5.82 Å². The maximum atomic E-state index is 14.3. The number of ether oxygens (including phenoxy) is 3. The van der Waals surface area contributed by atoms with Gasteiger partial charge in [-0.1, -0.05) is 0 Å². The maximum absolute atomic E-state index is 14.3. The molecule has 3 aliphatic heterocycles. The van der Waals surface area contributed by atoms with Crippen molar-refractivity contribution in [1.82, 2.24) is 30.1 Å². The first-order valence-corrected chi connectivity index (χ1v) is 16.9. The number of hydrogen-bond acceptors (Lipinski definition) is 10. The first-order chi connectivity index (χ1) is 22.9. The Balaban J connectivity index is 1.09. The molecule has 47 heavy (non-hydrogen) atoms. The molecular formula is C35H46FN7O4. The van der Waals surface area contributed by atoms with Gasteiger partial charge in [-0.2, -0.15) is 0 Å². The molecule has 0 bridgehead atoms. The molecule has 1 atom stereocenters. The number of nitrogens with zero attached hydrogens (tertiary/aromatic N) is 6. The molecule has 2 aromatic heterocycles. The average molecular weight is 648 g/mol. The minimum Gasteiger partial charge on any atom is -0.490 e. The predicted octanol–water partition coefficient (Wildman–Crippen LogP) is 4.46. The number of anilines is 1. The number of amides is 1.